The molecule has 0 heterocycles. The van der Waals surface area contributed by atoms with Gasteiger partial charge in [0.1, 0.15) is 0 Å². The third-order valence-corrected chi connectivity index (χ3v) is 3.23. The van der Waals surface area contributed by atoms with Crippen molar-refractivity contribution in [3.05, 3.63) is 29.3 Å². The number of carbonyl (C=O) groups excluding carboxylic acids is 1. The Labute approximate surface area is 100.0 Å². The van der Waals surface area contributed by atoms with Gasteiger partial charge in [-0.2, -0.15) is 0 Å². The molecule has 1 amide bonds. The number of anilines is 1. The molecular formula is C12H15ClN2O. The first-order valence-electron chi connectivity index (χ1n) is 5.36. The molecule has 1 aromatic carbocycles. The molecule has 1 aromatic rings. The number of nitrogens with one attached hydrogen (secondary N) is 1. The molecule has 0 saturated heterocycles. The molecule has 1 atom stereocenters. The second-order valence-electron chi connectivity index (χ2n) is 4.52. The van der Waals surface area contributed by atoms with Crippen LogP contribution >= 0.6 is 11.6 Å². The van der Waals surface area contributed by atoms with Gasteiger partial charge >= 0.3 is 0 Å². The minimum Gasteiger partial charge on any atom is -0.324 e. The molecule has 0 aromatic heterocycles. The van der Waals surface area contributed by atoms with Gasteiger partial charge in [-0.15, -0.1) is 0 Å². The standard InChI is InChI=1S/C12H15ClN2O/c1-12(14,8-5-6-8)11(16)15-10-4-2-3-9(13)7-10/h2-4,7-8H,5-6,14H2,1H3,(H,15,16). The summed E-state index contributed by atoms with van der Waals surface area (Å²) < 4.78 is 0. The number of halogens is 1. The maximum Gasteiger partial charge on any atom is 0.244 e. The number of amides is 1. The van der Waals surface area contributed by atoms with Crippen molar-refractivity contribution in [1.82, 2.24) is 0 Å². The van der Waals surface area contributed by atoms with Crippen molar-refractivity contribution >= 4 is 23.2 Å². The Morgan fingerprint density at radius 2 is 2.25 bits per heavy atom. The fourth-order valence-electron chi connectivity index (χ4n) is 1.70. The van der Waals surface area contributed by atoms with Gasteiger partial charge in [0.15, 0.2) is 0 Å². The van der Waals surface area contributed by atoms with Crippen LogP contribution in [0.15, 0.2) is 24.3 Å². The molecule has 2 rings (SSSR count). The van der Waals surface area contributed by atoms with Gasteiger partial charge in [0, 0.05) is 10.7 Å². The van der Waals surface area contributed by atoms with Crippen LogP contribution in [0.2, 0.25) is 5.02 Å². The second-order valence-corrected chi connectivity index (χ2v) is 4.96. The Morgan fingerprint density at radius 3 is 2.81 bits per heavy atom. The van der Waals surface area contributed by atoms with E-state index in [1.807, 2.05) is 0 Å². The van der Waals surface area contributed by atoms with E-state index < -0.39 is 5.54 Å². The lowest BCUT2D eigenvalue weighted by Crippen LogP contribution is -2.50. The van der Waals surface area contributed by atoms with Crippen molar-refractivity contribution < 1.29 is 4.79 Å². The topological polar surface area (TPSA) is 55.1 Å². The smallest absolute Gasteiger partial charge is 0.244 e. The first-order valence-corrected chi connectivity index (χ1v) is 5.74. The minimum absolute atomic E-state index is 0.141. The van der Waals surface area contributed by atoms with E-state index in [0.29, 0.717) is 16.6 Å². The molecule has 0 aliphatic heterocycles. The molecule has 1 aliphatic rings. The average Bonchev–Trinajstić information content (AvgIpc) is 3.00. The number of hydrogen-bond donors (Lipinski definition) is 2. The molecule has 0 radical (unpaired) electrons. The Balaban J connectivity index is 2.07. The lowest BCUT2D eigenvalue weighted by Gasteiger charge is -2.23. The summed E-state index contributed by atoms with van der Waals surface area (Å²) in [4.78, 5) is 11.9. The molecule has 4 heteroatoms. The van der Waals surface area contributed by atoms with Crippen LogP contribution in [0, 0.1) is 5.92 Å². The molecule has 1 fully saturated rings. The summed E-state index contributed by atoms with van der Waals surface area (Å²) in [7, 11) is 0. The predicted molar refractivity (Wildman–Crippen MR) is 65.4 cm³/mol. The van der Waals surface area contributed by atoms with Gasteiger partial charge in [-0.1, -0.05) is 17.7 Å². The zero-order chi connectivity index (χ0) is 11.8. The van der Waals surface area contributed by atoms with Crippen LogP contribution in [-0.4, -0.2) is 11.4 Å². The van der Waals surface area contributed by atoms with Gasteiger partial charge in [-0.25, -0.2) is 0 Å². The number of rotatable bonds is 3. The normalized spacial score (nSPS) is 18.9. The Bertz CT molecular complexity index is 413. The number of carbonyl (C=O) groups is 1. The fraction of sp³-hybridized carbons (Fsp3) is 0.417. The highest BCUT2D eigenvalue weighted by molar-refractivity contribution is 6.30. The first-order chi connectivity index (χ1) is 7.50. The Kier molecular flexibility index (Phi) is 2.91. The van der Waals surface area contributed by atoms with E-state index in [4.69, 9.17) is 17.3 Å². The summed E-state index contributed by atoms with van der Waals surface area (Å²) in [5.41, 5.74) is 5.92. The van der Waals surface area contributed by atoms with E-state index in [1.165, 1.54) is 0 Å². The highest BCUT2D eigenvalue weighted by atomic mass is 35.5. The van der Waals surface area contributed by atoms with Crippen LogP contribution in [-0.2, 0) is 4.79 Å². The molecule has 1 aliphatic carbocycles. The largest absolute Gasteiger partial charge is 0.324 e. The van der Waals surface area contributed by atoms with Crippen LogP contribution in [0.25, 0.3) is 0 Å². The Hall–Kier alpha value is -1.06. The minimum atomic E-state index is -0.775. The summed E-state index contributed by atoms with van der Waals surface area (Å²) in [6, 6.07) is 7.07. The zero-order valence-electron chi connectivity index (χ0n) is 9.16. The lowest BCUT2D eigenvalue weighted by molar-refractivity contribution is -0.121. The molecule has 3 nitrogen and oxygen atoms in total. The molecule has 0 bridgehead atoms. The van der Waals surface area contributed by atoms with Gasteiger partial charge in [-0.3, -0.25) is 4.79 Å². The van der Waals surface area contributed by atoms with Gasteiger partial charge in [0.05, 0.1) is 5.54 Å². The van der Waals surface area contributed by atoms with Gasteiger partial charge in [-0.05, 0) is 43.9 Å². The number of benzene rings is 1. The summed E-state index contributed by atoms with van der Waals surface area (Å²) in [6.07, 6.45) is 2.08. The third kappa shape index (κ3) is 2.36. The maximum atomic E-state index is 11.9. The Morgan fingerprint density at radius 1 is 1.56 bits per heavy atom. The average molecular weight is 239 g/mol. The van der Waals surface area contributed by atoms with Crippen molar-refractivity contribution in [3.63, 3.8) is 0 Å². The van der Waals surface area contributed by atoms with Crippen LogP contribution in [0.4, 0.5) is 5.69 Å². The molecule has 1 saturated carbocycles. The number of hydrogen-bond acceptors (Lipinski definition) is 2. The van der Waals surface area contributed by atoms with E-state index >= 15 is 0 Å². The van der Waals surface area contributed by atoms with E-state index in [-0.39, 0.29) is 5.91 Å². The van der Waals surface area contributed by atoms with Crippen molar-refractivity contribution in [3.8, 4) is 0 Å². The monoisotopic (exact) mass is 238 g/mol. The van der Waals surface area contributed by atoms with E-state index in [2.05, 4.69) is 5.32 Å². The summed E-state index contributed by atoms with van der Waals surface area (Å²) in [6.45, 7) is 1.78. The van der Waals surface area contributed by atoms with Crippen molar-refractivity contribution in [2.75, 3.05) is 5.32 Å². The SMILES string of the molecule is CC(N)(C(=O)Nc1cccc(Cl)c1)C1CC1. The third-order valence-electron chi connectivity index (χ3n) is 3.00. The molecule has 86 valence electrons. The summed E-state index contributed by atoms with van der Waals surface area (Å²) in [5, 5.41) is 3.40. The summed E-state index contributed by atoms with van der Waals surface area (Å²) >= 11 is 5.83. The van der Waals surface area contributed by atoms with Crippen LogP contribution in [0.5, 0.6) is 0 Å². The molecule has 1 unspecified atom stereocenters. The zero-order valence-corrected chi connectivity index (χ0v) is 9.92. The van der Waals surface area contributed by atoms with E-state index in [9.17, 15) is 4.79 Å². The van der Waals surface area contributed by atoms with Gasteiger partial charge in [0.2, 0.25) is 5.91 Å². The molecular weight excluding hydrogens is 224 g/mol. The van der Waals surface area contributed by atoms with Crippen molar-refractivity contribution in [2.45, 2.75) is 25.3 Å². The molecule has 0 spiro atoms. The lowest BCUT2D eigenvalue weighted by atomic mass is 9.96. The van der Waals surface area contributed by atoms with Crippen LogP contribution in [0.1, 0.15) is 19.8 Å². The summed E-state index contributed by atoms with van der Waals surface area (Å²) in [5.74, 6) is 0.170. The van der Waals surface area contributed by atoms with Gasteiger partial charge < -0.3 is 11.1 Å². The molecule has 3 N–H and O–H groups in total. The van der Waals surface area contributed by atoms with E-state index in [1.54, 1.807) is 31.2 Å². The first kappa shape index (κ1) is 11.4. The highest BCUT2D eigenvalue weighted by Gasteiger charge is 2.44. The van der Waals surface area contributed by atoms with E-state index in [0.717, 1.165) is 12.8 Å². The number of nitrogens with two attached hydrogens (primary N) is 1. The van der Waals surface area contributed by atoms with Crippen LogP contribution < -0.4 is 11.1 Å². The predicted octanol–water partition coefficient (Wildman–Crippen LogP) is 2.41. The quantitative estimate of drug-likeness (QED) is 0.850. The van der Waals surface area contributed by atoms with Gasteiger partial charge in [0.25, 0.3) is 0 Å². The van der Waals surface area contributed by atoms with Crippen LogP contribution in [0.3, 0.4) is 0 Å². The van der Waals surface area contributed by atoms with Crippen molar-refractivity contribution in [2.24, 2.45) is 11.7 Å². The fourth-order valence-corrected chi connectivity index (χ4v) is 1.89. The second kappa shape index (κ2) is 4.07. The molecule has 16 heavy (non-hydrogen) atoms. The highest BCUT2D eigenvalue weighted by Crippen LogP contribution is 2.38. The van der Waals surface area contributed by atoms with Crippen molar-refractivity contribution in [1.29, 1.82) is 0 Å². The maximum absolute atomic E-state index is 11.9.